The van der Waals surface area contributed by atoms with Crippen LogP contribution in [0.5, 0.6) is 5.75 Å². The Bertz CT molecular complexity index is 1030. The van der Waals surface area contributed by atoms with Gasteiger partial charge in [0.1, 0.15) is 11.4 Å². The van der Waals surface area contributed by atoms with Crippen LogP contribution in [0, 0.1) is 0 Å². The number of benzene rings is 1. The van der Waals surface area contributed by atoms with Crippen molar-refractivity contribution in [1.82, 2.24) is 14.7 Å². The molecule has 0 bridgehead atoms. The Morgan fingerprint density at radius 2 is 1.97 bits per heavy atom. The molecule has 1 amide bonds. The van der Waals surface area contributed by atoms with Gasteiger partial charge in [-0.1, -0.05) is 19.1 Å². The SMILES string of the molecule is CCCn1nc(C(=O)N(Cc2ccc(OC)cc2)[C@H]2CCS(=O)(=O)C2)ccc1=O. The highest BCUT2D eigenvalue weighted by molar-refractivity contribution is 7.91. The number of aryl methyl sites for hydroxylation is 1. The van der Waals surface area contributed by atoms with Gasteiger partial charge in [-0.2, -0.15) is 5.10 Å². The van der Waals surface area contributed by atoms with E-state index in [0.717, 1.165) is 5.56 Å². The van der Waals surface area contributed by atoms with E-state index in [1.807, 2.05) is 19.1 Å². The van der Waals surface area contributed by atoms with Crippen LogP contribution in [0.1, 0.15) is 35.8 Å². The van der Waals surface area contributed by atoms with Crippen molar-refractivity contribution in [3.63, 3.8) is 0 Å². The minimum Gasteiger partial charge on any atom is -0.497 e. The lowest BCUT2D eigenvalue weighted by Gasteiger charge is -2.28. The Morgan fingerprint density at radius 1 is 1.24 bits per heavy atom. The fraction of sp³-hybridized carbons (Fsp3) is 0.450. The van der Waals surface area contributed by atoms with Gasteiger partial charge in [-0.15, -0.1) is 0 Å². The van der Waals surface area contributed by atoms with E-state index in [0.29, 0.717) is 25.1 Å². The van der Waals surface area contributed by atoms with Crippen LogP contribution in [0.2, 0.25) is 0 Å². The Hall–Kier alpha value is -2.68. The smallest absolute Gasteiger partial charge is 0.274 e. The lowest BCUT2D eigenvalue weighted by Crippen LogP contribution is -2.41. The van der Waals surface area contributed by atoms with Crippen LogP contribution in [0.4, 0.5) is 0 Å². The number of hydrogen-bond acceptors (Lipinski definition) is 6. The number of methoxy groups -OCH3 is 1. The summed E-state index contributed by atoms with van der Waals surface area (Å²) < 4.78 is 30.4. The summed E-state index contributed by atoms with van der Waals surface area (Å²) in [5.74, 6) is 0.312. The quantitative estimate of drug-likeness (QED) is 0.674. The minimum atomic E-state index is -3.17. The zero-order valence-corrected chi connectivity index (χ0v) is 17.4. The summed E-state index contributed by atoms with van der Waals surface area (Å²) in [4.78, 5) is 26.7. The Kier molecular flexibility index (Phi) is 6.36. The third-order valence-corrected chi connectivity index (χ3v) is 6.69. The molecule has 29 heavy (non-hydrogen) atoms. The monoisotopic (exact) mass is 419 g/mol. The fourth-order valence-corrected chi connectivity index (χ4v) is 5.13. The third kappa shape index (κ3) is 5.03. The highest BCUT2D eigenvalue weighted by Crippen LogP contribution is 2.22. The van der Waals surface area contributed by atoms with Crippen LogP contribution >= 0.6 is 0 Å². The summed E-state index contributed by atoms with van der Waals surface area (Å²) in [6.45, 7) is 2.58. The average Bonchev–Trinajstić information content (AvgIpc) is 3.07. The molecule has 2 heterocycles. The van der Waals surface area contributed by atoms with E-state index in [4.69, 9.17) is 4.74 Å². The van der Waals surface area contributed by atoms with Crippen molar-refractivity contribution in [2.45, 2.75) is 38.9 Å². The molecule has 0 N–H and O–H groups in total. The molecule has 1 aliphatic heterocycles. The van der Waals surface area contributed by atoms with E-state index >= 15 is 0 Å². The summed E-state index contributed by atoms with van der Waals surface area (Å²) in [5.41, 5.74) is 0.717. The molecule has 156 valence electrons. The molecular weight excluding hydrogens is 394 g/mol. The molecule has 0 unspecified atom stereocenters. The number of amides is 1. The van der Waals surface area contributed by atoms with Crippen LogP contribution in [0.3, 0.4) is 0 Å². The number of hydrogen-bond donors (Lipinski definition) is 0. The molecule has 0 radical (unpaired) electrons. The zero-order chi connectivity index (χ0) is 21.0. The molecule has 1 fully saturated rings. The van der Waals surface area contributed by atoms with E-state index in [9.17, 15) is 18.0 Å². The fourth-order valence-electron chi connectivity index (χ4n) is 3.40. The van der Waals surface area contributed by atoms with E-state index in [-0.39, 0.29) is 35.2 Å². The maximum Gasteiger partial charge on any atom is 0.274 e. The predicted molar refractivity (Wildman–Crippen MR) is 109 cm³/mol. The number of ether oxygens (including phenoxy) is 1. The van der Waals surface area contributed by atoms with Gasteiger partial charge in [0.2, 0.25) is 0 Å². The topological polar surface area (TPSA) is 98.6 Å². The lowest BCUT2D eigenvalue weighted by molar-refractivity contribution is 0.0671. The number of rotatable bonds is 7. The van der Waals surface area contributed by atoms with Gasteiger partial charge >= 0.3 is 0 Å². The van der Waals surface area contributed by atoms with Gasteiger partial charge in [-0.05, 0) is 36.6 Å². The highest BCUT2D eigenvalue weighted by atomic mass is 32.2. The average molecular weight is 420 g/mol. The van der Waals surface area contributed by atoms with Crippen molar-refractivity contribution in [3.05, 3.63) is 58.0 Å². The first-order valence-corrected chi connectivity index (χ1v) is 11.4. The summed E-state index contributed by atoms with van der Waals surface area (Å²) in [6.07, 6.45) is 1.10. The predicted octanol–water partition coefficient (Wildman–Crippen LogP) is 1.49. The van der Waals surface area contributed by atoms with Crippen molar-refractivity contribution < 1.29 is 17.9 Å². The van der Waals surface area contributed by atoms with Crippen LogP contribution in [0.25, 0.3) is 0 Å². The Morgan fingerprint density at radius 3 is 2.55 bits per heavy atom. The first kappa shape index (κ1) is 21.0. The van der Waals surface area contributed by atoms with Crippen molar-refractivity contribution in [1.29, 1.82) is 0 Å². The number of sulfone groups is 1. The molecule has 1 aliphatic rings. The number of aromatic nitrogens is 2. The molecule has 2 aromatic rings. The zero-order valence-electron chi connectivity index (χ0n) is 16.6. The lowest BCUT2D eigenvalue weighted by atomic mass is 10.1. The Balaban J connectivity index is 1.92. The normalized spacial score (nSPS) is 17.8. The van der Waals surface area contributed by atoms with Gasteiger partial charge in [-0.3, -0.25) is 9.59 Å². The van der Waals surface area contributed by atoms with Crippen molar-refractivity contribution >= 4 is 15.7 Å². The van der Waals surface area contributed by atoms with Gasteiger partial charge in [0.05, 0.1) is 18.6 Å². The minimum absolute atomic E-state index is 0.0623. The molecular formula is C20H25N3O5S. The van der Waals surface area contributed by atoms with E-state index in [2.05, 4.69) is 5.10 Å². The number of carbonyl (C=O) groups is 1. The molecule has 0 saturated carbocycles. The molecule has 3 rings (SSSR count). The van der Waals surface area contributed by atoms with E-state index < -0.39 is 15.9 Å². The van der Waals surface area contributed by atoms with Gasteiger partial charge in [-0.25, -0.2) is 13.1 Å². The molecule has 8 nitrogen and oxygen atoms in total. The van der Waals surface area contributed by atoms with Crippen LogP contribution < -0.4 is 10.3 Å². The summed E-state index contributed by atoms with van der Waals surface area (Å²) in [5, 5.41) is 4.20. The summed E-state index contributed by atoms with van der Waals surface area (Å²) >= 11 is 0. The van der Waals surface area contributed by atoms with Gasteiger partial charge in [0.15, 0.2) is 9.84 Å². The third-order valence-electron chi connectivity index (χ3n) is 4.94. The molecule has 9 heteroatoms. The van der Waals surface area contributed by atoms with Crippen LogP contribution in [-0.4, -0.2) is 53.7 Å². The number of carbonyl (C=O) groups excluding carboxylic acids is 1. The maximum absolute atomic E-state index is 13.3. The Labute approximate surface area is 170 Å². The second-order valence-corrected chi connectivity index (χ2v) is 9.35. The van der Waals surface area contributed by atoms with Crippen molar-refractivity contribution in [2.75, 3.05) is 18.6 Å². The van der Waals surface area contributed by atoms with Gasteiger partial charge in [0.25, 0.3) is 11.5 Å². The molecule has 0 spiro atoms. The number of nitrogens with zero attached hydrogens (tertiary/aromatic N) is 3. The summed E-state index contributed by atoms with van der Waals surface area (Å²) in [6, 6.07) is 9.57. The first-order chi connectivity index (χ1) is 13.8. The van der Waals surface area contributed by atoms with Gasteiger partial charge in [0, 0.05) is 25.2 Å². The maximum atomic E-state index is 13.3. The molecule has 1 atom stereocenters. The highest BCUT2D eigenvalue weighted by Gasteiger charge is 2.35. The van der Waals surface area contributed by atoms with E-state index in [1.54, 1.807) is 24.1 Å². The molecule has 1 aromatic heterocycles. The standard InChI is InChI=1S/C20H25N3O5S/c1-3-11-23-19(24)9-8-18(21-23)20(25)22(16-10-12-29(26,27)14-16)13-15-4-6-17(28-2)7-5-15/h4-9,16H,3,10-14H2,1-2H3/t16-/m0/s1. The molecule has 1 saturated heterocycles. The second-order valence-electron chi connectivity index (χ2n) is 7.12. The van der Waals surface area contributed by atoms with E-state index in [1.165, 1.54) is 16.8 Å². The molecule has 1 aromatic carbocycles. The van der Waals surface area contributed by atoms with Gasteiger partial charge < -0.3 is 9.64 Å². The van der Waals surface area contributed by atoms with Crippen molar-refractivity contribution in [3.8, 4) is 5.75 Å². The second kappa shape index (κ2) is 8.77. The summed E-state index contributed by atoms with van der Waals surface area (Å²) in [7, 11) is -1.60. The van der Waals surface area contributed by atoms with Crippen LogP contribution in [-0.2, 0) is 22.9 Å². The van der Waals surface area contributed by atoms with Crippen molar-refractivity contribution in [2.24, 2.45) is 0 Å². The molecule has 0 aliphatic carbocycles. The largest absolute Gasteiger partial charge is 0.497 e. The first-order valence-electron chi connectivity index (χ1n) is 9.55. The van der Waals surface area contributed by atoms with Crippen LogP contribution in [0.15, 0.2) is 41.2 Å².